The molecule has 2 N–H and O–H groups in total. The lowest BCUT2D eigenvalue weighted by Crippen LogP contribution is -2.50. The summed E-state index contributed by atoms with van der Waals surface area (Å²) in [6.07, 6.45) is 1.45. The summed E-state index contributed by atoms with van der Waals surface area (Å²) in [7, 11) is 0. The number of aromatic nitrogens is 1. The third-order valence-corrected chi connectivity index (χ3v) is 5.11. The quantitative estimate of drug-likeness (QED) is 0.872. The van der Waals surface area contributed by atoms with E-state index >= 15 is 0 Å². The van der Waals surface area contributed by atoms with Gasteiger partial charge in [-0.2, -0.15) is 0 Å². The second-order valence-electron chi connectivity index (χ2n) is 5.56. The Bertz CT molecular complexity index is 535. The van der Waals surface area contributed by atoms with E-state index in [4.69, 9.17) is 0 Å². The van der Waals surface area contributed by atoms with Crippen LogP contribution >= 0.6 is 11.3 Å². The van der Waals surface area contributed by atoms with Gasteiger partial charge in [0.25, 0.3) is 0 Å². The molecule has 0 radical (unpaired) electrons. The highest BCUT2D eigenvalue weighted by molar-refractivity contribution is 7.09. The molecule has 0 aromatic carbocycles. The Hall–Kier alpha value is -1.14. The zero-order chi connectivity index (χ0) is 14.7. The van der Waals surface area contributed by atoms with Gasteiger partial charge in [-0.3, -0.25) is 9.59 Å². The molecule has 6 heteroatoms. The molecular formula is C14H23N3O2S. The Labute approximate surface area is 123 Å². The van der Waals surface area contributed by atoms with Crippen molar-refractivity contribution < 1.29 is 4.79 Å². The van der Waals surface area contributed by atoms with E-state index in [0.717, 1.165) is 30.1 Å². The normalized spacial score (nSPS) is 22.8. The first kappa shape index (κ1) is 15.3. The van der Waals surface area contributed by atoms with Crippen LogP contribution in [0.4, 0.5) is 0 Å². The minimum absolute atomic E-state index is 0.0282. The van der Waals surface area contributed by atoms with E-state index in [0.29, 0.717) is 18.9 Å². The Morgan fingerprint density at radius 1 is 1.50 bits per heavy atom. The summed E-state index contributed by atoms with van der Waals surface area (Å²) in [5.41, 5.74) is 0.973. The summed E-state index contributed by atoms with van der Waals surface area (Å²) < 4.78 is 1.70. The second-order valence-corrected chi connectivity index (χ2v) is 6.72. The standard InChI is InChI=1S/C14H23N3O2S/c1-9-4-6-15-8-12(9)16-13(18)5-7-17-10(2)11(3)20-14(17)19/h9,12,15H,4-8H2,1-3H3,(H,16,18). The van der Waals surface area contributed by atoms with Crippen LogP contribution in [0.15, 0.2) is 4.79 Å². The fourth-order valence-electron chi connectivity index (χ4n) is 2.52. The van der Waals surface area contributed by atoms with Crippen LogP contribution in [0.5, 0.6) is 0 Å². The first-order chi connectivity index (χ1) is 9.49. The zero-order valence-electron chi connectivity index (χ0n) is 12.4. The summed E-state index contributed by atoms with van der Waals surface area (Å²) in [4.78, 5) is 24.8. The van der Waals surface area contributed by atoms with Crippen LogP contribution < -0.4 is 15.5 Å². The predicted octanol–water partition coefficient (Wildman–Crippen LogP) is 1.03. The number of piperidine rings is 1. The Morgan fingerprint density at radius 2 is 2.25 bits per heavy atom. The number of aryl methyl sites for hydroxylation is 1. The SMILES string of the molecule is Cc1sc(=O)n(CCC(=O)NC2CNCCC2C)c1C. The molecule has 0 aliphatic carbocycles. The number of carbonyl (C=O) groups is 1. The van der Waals surface area contributed by atoms with Crippen LogP contribution in [-0.2, 0) is 11.3 Å². The van der Waals surface area contributed by atoms with E-state index < -0.39 is 0 Å². The van der Waals surface area contributed by atoms with Crippen molar-refractivity contribution >= 4 is 17.2 Å². The summed E-state index contributed by atoms with van der Waals surface area (Å²) >= 11 is 1.25. The van der Waals surface area contributed by atoms with Gasteiger partial charge in [-0.1, -0.05) is 18.3 Å². The maximum atomic E-state index is 12.0. The highest BCUT2D eigenvalue weighted by atomic mass is 32.1. The van der Waals surface area contributed by atoms with Gasteiger partial charge in [-0.05, 0) is 32.7 Å². The maximum absolute atomic E-state index is 12.0. The van der Waals surface area contributed by atoms with Gasteiger partial charge in [0.1, 0.15) is 0 Å². The predicted molar refractivity (Wildman–Crippen MR) is 81.3 cm³/mol. The van der Waals surface area contributed by atoms with Crippen molar-refractivity contribution in [2.24, 2.45) is 5.92 Å². The number of hydrogen-bond donors (Lipinski definition) is 2. The number of nitrogens with zero attached hydrogens (tertiary/aromatic N) is 1. The van der Waals surface area contributed by atoms with Crippen LogP contribution in [-0.4, -0.2) is 29.6 Å². The number of carbonyl (C=O) groups excluding carboxylic acids is 1. The van der Waals surface area contributed by atoms with Crippen molar-refractivity contribution in [2.45, 2.75) is 46.2 Å². The molecule has 1 aromatic rings. The maximum Gasteiger partial charge on any atom is 0.307 e. The van der Waals surface area contributed by atoms with Crippen molar-refractivity contribution in [2.75, 3.05) is 13.1 Å². The van der Waals surface area contributed by atoms with Gasteiger partial charge in [0, 0.05) is 36.1 Å². The van der Waals surface area contributed by atoms with E-state index in [1.54, 1.807) is 4.57 Å². The van der Waals surface area contributed by atoms with Crippen molar-refractivity contribution in [1.29, 1.82) is 0 Å². The van der Waals surface area contributed by atoms with Gasteiger partial charge in [-0.25, -0.2) is 0 Å². The first-order valence-corrected chi connectivity index (χ1v) is 7.97. The largest absolute Gasteiger partial charge is 0.352 e. The highest BCUT2D eigenvalue weighted by Gasteiger charge is 2.22. The minimum atomic E-state index is 0.0282. The Balaban J connectivity index is 1.87. The molecule has 1 amide bonds. The smallest absolute Gasteiger partial charge is 0.307 e. The summed E-state index contributed by atoms with van der Waals surface area (Å²) in [6, 6.07) is 0.207. The van der Waals surface area contributed by atoms with Crippen LogP contribution in [0.3, 0.4) is 0 Å². The average molecular weight is 297 g/mol. The molecule has 1 aliphatic rings. The zero-order valence-corrected chi connectivity index (χ0v) is 13.2. The number of hydrogen-bond acceptors (Lipinski definition) is 4. The molecule has 5 nitrogen and oxygen atoms in total. The Morgan fingerprint density at radius 3 is 2.85 bits per heavy atom. The van der Waals surface area contributed by atoms with Crippen LogP contribution in [0.1, 0.15) is 30.3 Å². The van der Waals surface area contributed by atoms with Gasteiger partial charge >= 0.3 is 4.87 Å². The molecule has 2 unspecified atom stereocenters. The molecular weight excluding hydrogens is 274 g/mol. The van der Waals surface area contributed by atoms with Crippen molar-refractivity contribution in [3.8, 4) is 0 Å². The summed E-state index contributed by atoms with van der Waals surface area (Å²) in [5.74, 6) is 0.536. The van der Waals surface area contributed by atoms with Crippen molar-refractivity contribution in [3.63, 3.8) is 0 Å². The molecule has 20 heavy (non-hydrogen) atoms. The molecule has 1 fully saturated rings. The Kier molecular flexibility index (Phi) is 4.99. The molecule has 1 saturated heterocycles. The number of amides is 1. The molecule has 1 aromatic heterocycles. The van der Waals surface area contributed by atoms with Crippen molar-refractivity contribution in [1.82, 2.24) is 15.2 Å². The number of rotatable bonds is 4. The molecule has 1 aliphatic heterocycles. The highest BCUT2D eigenvalue weighted by Crippen LogP contribution is 2.12. The van der Waals surface area contributed by atoms with Gasteiger partial charge in [0.2, 0.25) is 5.91 Å². The van der Waals surface area contributed by atoms with E-state index in [9.17, 15) is 9.59 Å². The molecule has 0 saturated carbocycles. The lowest BCUT2D eigenvalue weighted by Gasteiger charge is -2.30. The third kappa shape index (κ3) is 3.49. The molecule has 2 rings (SSSR count). The van der Waals surface area contributed by atoms with Crippen molar-refractivity contribution in [3.05, 3.63) is 20.2 Å². The van der Waals surface area contributed by atoms with Crippen LogP contribution in [0, 0.1) is 19.8 Å². The average Bonchev–Trinajstić information content (AvgIpc) is 2.64. The molecule has 2 atom stereocenters. The topological polar surface area (TPSA) is 63.1 Å². The van der Waals surface area contributed by atoms with Crippen LogP contribution in [0.2, 0.25) is 0 Å². The summed E-state index contributed by atoms with van der Waals surface area (Å²) in [6.45, 7) is 8.36. The summed E-state index contributed by atoms with van der Waals surface area (Å²) in [5, 5.41) is 6.37. The molecule has 0 spiro atoms. The van der Waals surface area contributed by atoms with Gasteiger partial charge in [-0.15, -0.1) is 0 Å². The van der Waals surface area contributed by atoms with E-state index in [1.165, 1.54) is 11.3 Å². The van der Waals surface area contributed by atoms with Gasteiger partial charge in [0.05, 0.1) is 0 Å². The van der Waals surface area contributed by atoms with E-state index in [1.807, 2.05) is 13.8 Å². The molecule has 0 bridgehead atoms. The number of thiazole rings is 1. The van der Waals surface area contributed by atoms with E-state index in [2.05, 4.69) is 17.6 Å². The van der Waals surface area contributed by atoms with Crippen LogP contribution in [0.25, 0.3) is 0 Å². The fraction of sp³-hybridized carbons (Fsp3) is 0.714. The third-order valence-electron chi connectivity index (χ3n) is 4.11. The fourth-order valence-corrected chi connectivity index (χ4v) is 3.38. The molecule has 112 valence electrons. The van der Waals surface area contributed by atoms with E-state index in [-0.39, 0.29) is 16.8 Å². The lowest BCUT2D eigenvalue weighted by atomic mass is 9.95. The first-order valence-electron chi connectivity index (χ1n) is 7.16. The molecule has 2 heterocycles. The second kappa shape index (κ2) is 6.54. The lowest BCUT2D eigenvalue weighted by molar-refractivity contribution is -0.122. The number of nitrogens with one attached hydrogen (secondary N) is 2. The minimum Gasteiger partial charge on any atom is -0.352 e. The van der Waals surface area contributed by atoms with Gasteiger partial charge < -0.3 is 15.2 Å². The monoisotopic (exact) mass is 297 g/mol. The van der Waals surface area contributed by atoms with Gasteiger partial charge in [0.15, 0.2) is 0 Å².